The van der Waals surface area contributed by atoms with Crippen molar-refractivity contribution >= 4 is 11.6 Å². The average molecular weight is 435 g/mol. The summed E-state index contributed by atoms with van der Waals surface area (Å²) in [5.74, 6) is 0.0791. The van der Waals surface area contributed by atoms with Crippen molar-refractivity contribution in [2.45, 2.75) is 38.5 Å². The summed E-state index contributed by atoms with van der Waals surface area (Å²) in [6.07, 6.45) is -0.511. The molecule has 3 heterocycles. The Morgan fingerprint density at radius 2 is 1.90 bits per heavy atom. The lowest BCUT2D eigenvalue weighted by Crippen LogP contribution is -2.56. The van der Waals surface area contributed by atoms with Gasteiger partial charge in [0, 0.05) is 57.2 Å². The van der Waals surface area contributed by atoms with E-state index in [-0.39, 0.29) is 12.5 Å². The molecule has 0 N–H and O–H groups in total. The minimum Gasteiger partial charge on any atom is -0.369 e. The summed E-state index contributed by atoms with van der Waals surface area (Å²) in [6.45, 7) is 6.53. The Bertz CT molecular complexity index is 905. The third-order valence-electron chi connectivity index (χ3n) is 6.19. The van der Waals surface area contributed by atoms with Crippen LogP contribution in [0.4, 0.5) is 18.9 Å². The Hall–Kier alpha value is -2.55. The van der Waals surface area contributed by atoms with Crippen LogP contribution in [0.15, 0.2) is 36.5 Å². The first-order valence-electron chi connectivity index (χ1n) is 10.7. The fourth-order valence-corrected chi connectivity index (χ4v) is 4.49. The molecule has 2 saturated heterocycles. The van der Waals surface area contributed by atoms with Gasteiger partial charge in [-0.1, -0.05) is 6.07 Å². The van der Waals surface area contributed by atoms with Gasteiger partial charge in [0.1, 0.15) is 6.54 Å². The Morgan fingerprint density at radius 3 is 2.58 bits per heavy atom. The van der Waals surface area contributed by atoms with Crippen molar-refractivity contribution in [1.29, 1.82) is 0 Å². The van der Waals surface area contributed by atoms with Gasteiger partial charge in [-0.05, 0) is 44.0 Å². The van der Waals surface area contributed by atoms with E-state index in [0.717, 1.165) is 44.2 Å². The number of anilines is 1. The lowest BCUT2D eigenvalue weighted by atomic mass is 10.0. The second-order valence-electron chi connectivity index (χ2n) is 8.36. The molecule has 6 nitrogen and oxygen atoms in total. The number of rotatable bonds is 4. The largest absolute Gasteiger partial charge is 0.416 e. The SMILES string of the molecule is Cc1ccn(CC(=O)N2CCC[C@@H](N3CCN(c4cccc(C(F)(F)F)c4)CC3)C2)n1. The number of alkyl halides is 3. The van der Waals surface area contributed by atoms with Crippen LogP contribution in [0.3, 0.4) is 0 Å². The van der Waals surface area contributed by atoms with Crippen LogP contribution in [0, 0.1) is 6.92 Å². The lowest BCUT2D eigenvalue weighted by Gasteiger charge is -2.44. The number of benzene rings is 1. The zero-order valence-corrected chi connectivity index (χ0v) is 17.7. The zero-order chi connectivity index (χ0) is 22.0. The summed E-state index contributed by atoms with van der Waals surface area (Å²) in [6, 6.07) is 7.72. The molecule has 0 unspecified atom stereocenters. The maximum Gasteiger partial charge on any atom is 0.416 e. The van der Waals surface area contributed by atoms with E-state index in [0.29, 0.717) is 31.4 Å². The zero-order valence-electron chi connectivity index (χ0n) is 17.7. The normalized spacial score (nSPS) is 20.8. The summed E-state index contributed by atoms with van der Waals surface area (Å²) in [5.41, 5.74) is 0.897. The van der Waals surface area contributed by atoms with Gasteiger partial charge in [0.25, 0.3) is 0 Å². The van der Waals surface area contributed by atoms with Crippen LogP contribution in [0.25, 0.3) is 0 Å². The second-order valence-corrected chi connectivity index (χ2v) is 8.36. The molecule has 1 amide bonds. The highest BCUT2D eigenvalue weighted by Gasteiger charge is 2.32. The molecule has 2 aliphatic heterocycles. The molecule has 0 spiro atoms. The highest BCUT2D eigenvalue weighted by molar-refractivity contribution is 5.76. The van der Waals surface area contributed by atoms with Crippen LogP contribution < -0.4 is 4.90 Å². The number of aryl methyl sites for hydroxylation is 1. The van der Waals surface area contributed by atoms with Crippen LogP contribution in [-0.2, 0) is 17.5 Å². The molecule has 0 saturated carbocycles. The molecule has 2 fully saturated rings. The van der Waals surface area contributed by atoms with Crippen molar-refractivity contribution in [1.82, 2.24) is 19.6 Å². The van der Waals surface area contributed by atoms with Crippen molar-refractivity contribution < 1.29 is 18.0 Å². The van der Waals surface area contributed by atoms with Gasteiger partial charge in [-0.15, -0.1) is 0 Å². The molecule has 168 valence electrons. The number of amides is 1. The van der Waals surface area contributed by atoms with E-state index in [4.69, 9.17) is 0 Å². The van der Waals surface area contributed by atoms with E-state index >= 15 is 0 Å². The topological polar surface area (TPSA) is 44.6 Å². The predicted octanol–water partition coefficient (Wildman–Crippen LogP) is 3.02. The van der Waals surface area contributed by atoms with E-state index in [1.54, 1.807) is 10.7 Å². The molecule has 0 bridgehead atoms. The van der Waals surface area contributed by atoms with Crippen molar-refractivity contribution in [3.05, 3.63) is 47.8 Å². The van der Waals surface area contributed by atoms with E-state index in [1.165, 1.54) is 12.1 Å². The molecule has 0 aliphatic carbocycles. The van der Waals surface area contributed by atoms with Gasteiger partial charge in [0.15, 0.2) is 0 Å². The van der Waals surface area contributed by atoms with Crippen molar-refractivity contribution in [2.75, 3.05) is 44.2 Å². The van der Waals surface area contributed by atoms with Crippen LogP contribution in [0.2, 0.25) is 0 Å². The average Bonchev–Trinajstić information content (AvgIpc) is 3.18. The van der Waals surface area contributed by atoms with Gasteiger partial charge in [-0.2, -0.15) is 18.3 Å². The van der Waals surface area contributed by atoms with Gasteiger partial charge >= 0.3 is 6.18 Å². The summed E-state index contributed by atoms with van der Waals surface area (Å²) < 4.78 is 40.7. The number of halogens is 3. The van der Waals surface area contributed by atoms with Crippen LogP contribution >= 0.6 is 0 Å². The minimum atomic E-state index is -4.33. The van der Waals surface area contributed by atoms with Gasteiger partial charge in [0.2, 0.25) is 5.91 Å². The Balaban J connectivity index is 1.32. The third kappa shape index (κ3) is 5.20. The summed E-state index contributed by atoms with van der Waals surface area (Å²) in [7, 11) is 0. The summed E-state index contributed by atoms with van der Waals surface area (Å²) >= 11 is 0. The number of piperidine rings is 1. The Labute approximate surface area is 180 Å². The van der Waals surface area contributed by atoms with Gasteiger partial charge in [-0.25, -0.2) is 0 Å². The van der Waals surface area contributed by atoms with Crippen molar-refractivity contribution in [3.8, 4) is 0 Å². The molecule has 0 radical (unpaired) electrons. The standard InChI is InChI=1S/C22H28F3N5O/c1-17-7-9-30(26-17)16-21(31)29-8-3-6-20(15-29)28-12-10-27(11-13-28)19-5-2-4-18(14-19)22(23,24)25/h2,4-5,7,9,14,20H,3,6,8,10-13,15-16H2,1H3/t20-/m1/s1. The van der Waals surface area contributed by atoms with Crippen LogP contribution in [-0.4, -0.2) is 70.8 Å². The molecule has 1 atom stereocenters. The highest BCUT2D eigenvalue weighted by atomic mass is 19.4. The molecule has 1 aromatic heterocycles. The molecule has 1 aromatic carbocycles. The smallest absolute Gasteiger partial charge is 0.369 e. The Kier molecular flexibility index (Phi) is 6.22. The maximum absolute atomic E-state index is 13.0. The van der Waals surface area contributed by atoms with Crippen molar-refractivity contribution in [2.24, 2.45) is 0 Å². The molecule has 9 heteroatoms. The summed E-state index contributed by atoms with van der Waals surface area (Å²) in [5, 5.41) is 4.30. The maximum atomic E-state index is 13.0. The van der Waals surface area contributed by atoms with Crippen molar-refractivity contribution in [3.63, 3.8) is 0 Å². The first-order valence-corrected chi connectivity index (χ1v) is 10.7. The fourth-order valence-electron chi connectivity index (χ4n) is 4.49. The first-order chi connectivity index (χ1) is 14.8. The number of nitrogens with zero attached hydrogens (tertiary/aromatic N) is 5. The second kappa shape index (κ2) is 8.90. The third-order valence-corrected chi connectivity index (χ3v) is 6.19. The number of piperazine rings is 1. The van der Waals surface area contributed by atoms with E-state index in [9.17, 15) is 18.0 Å². The number of carbonyl (C=O) groups excluding carboxylic acids is 1. The summed E-state index contributed by atoms with van der Waals surface area (Å²) in [4.78, 5) is 19.0. The van der Waals surface area contributed by atoms with Crippen LogP contribution in [0.5, 0.6) is 0 Å². The van der Waals surface area contributed by atoms with Crippen LogP contribution in [0.1, 0.15) is 24.1 Å². The number of hydrogen-bond donors (Lipinski definition) is 0. The monoisotopic (exact) mass is 435 g/mol. The first kappa shape index (κ1) is 21.7. The predicted molar refractivity (Wildman–Crippen MR) is 112 cm³/mol. The molecule has 2 aromatic rings. The molecule has 2 aliphatic rings. The molecule has 31 heavy (non-hydrogen) atoms. The number of likely N-dealkylation sites (tertiary alicyclic amines) is 1. The quantitative estimate of drug-likeness (QED) is 0.741. The fraction of sp³-hybridized carbons (Fsp3) is 0.545. The lowest BCUT2D eigenvalue weighted by molar-refractivity contribution is -0.137. The van der Waals surface area contributed by atoms with E-state index in [2.05, 4.69) is 10.00 Å². The van der Waals surface area contributed by atoms with Gasteiger partial charge in [0.05, 0.1) is 11.3 Å². The van der Waals surface area contributed by atoms with Gasteiger partial charge in [-0.3, -0.25) is 14.4 Å². The number of hydrogen-bond acceptors (Lipinski definition) is 4. The molecular formula is C22H28F3N5O. The van der Waals surface area contributed by atoms with E-state index in [1.807, 2.05) is 29.0 Å². The number of aromatic nitrogens is 2. The van der Waals surface area contributed by atoms with Gasteiger partial charge < -0.3 is 9.80 Å². The van der Waals surface area contributed by atoms with E-state index < -0.39 is 11.7 Å². The highest BCUT2D eigenvalue weighted by Crippen LogP contribution is 2.32. The number of carbonyl (C=O) groups is 1. The Morgan fingerprint density at radius 1 is 1.13 bits per heavy atom. The molecule has 4 rings (SSSR count). The minimum absolute atomic E-state index is 0.0791. The molecular weight excluding hydrogens is 407 g/mol.